The van der Waals surface area contributed by atoms with Crippen LogP contribution in [0.4, 0.5) is 4.39 Å². The zero-order valence-corrected chi connectivity index (χ0v) is 22.0. The summed E-state index contributed by atoms with van der Waals surface area (Å²) in [6.07, 6.45) is 6.68. The van der Waals surface area contributed by atoms with Crippen LogP contribution in [0.15, 0.2) is 72.1 Å². The van der Waals surface area contributed by atoms with Crippen molar-refractivity contribution in [3.8, 4) is 28.0 Å². The predicted octanol–water partition coefficient (Wildman–Crippen LogP) is 6.81. The van der Waals surface area contributed by atoms with Gasteiger partial charge >= 0.3 is 0 Å². The number of amidine groups is 1. The number of aliphatic imine (C=N–C) groups is 1. The number of nitrogens with zero attached hydrogens (tertiary/aromatic N) is 3. The number of hydrogen-bond acceptors (Lipinski definition) is 4. The summed E-state index contributed by atoms with van der Waals surface area (Å²) >= 11 is 10.1. The molecule has 0 amide bonds. The van der Waals surface area contributed by atoms with Gasteiger partial charge in [-0.05, 0) is 17.9 Å². The molecule has 2 aromatic heterocycles. The van der Waals surface area contributed by atoms with E-state index in [1.54, 1.807) is 54.7 Å². The van der Waals surface area contributed by atoms with Gasteiger partial charge in [-0.2, -0.15) is 12.6 Å². The van der Waals surface area contributed by atoms with Crippen LogP contribution in [0.1, 0.15) is 25.4 Å². The van der Waals surface area contributed by atoms with E-state index >= 15 is 4.39 Å². The zero-order valence-electron chi connectivity index (χ0n) is 20.3. The molecule has 2 heterocycles. The van der Waals surface area contributed by atoms with Crippen LogP contribution in [0.3, 0.4) is 0 Å². The summed E-state index contributed by atoms with van der Waals surface area (Å²) in [7, 11) is 3.20. The Labute approximate surface area is 215 Å². The largest absolute Gasteiger partial charge is 0.494 e. The molecule has 0 aliphatic carbocycles. The Morgan fingerprint density at radius 1 is 1.11 bits per heavy atom. The number of aromatic nitrogens is 3. The SMILES string of the molecule is CC.COc1cccc(-c2c[nH]c(C(Cl)=NC(=N)c3nccn3C)c2-c2ccccc2)c1F.CS. The van der Waals surface area contributed by atoms with Crippen LogP contribution in [0.2, 0.25) is 0 Å². The average Bonchev–Trinajstić information content (AvgIpc) is 3.54. The summed E-state index contributed by atoms with van der Waals surface area (Å²) in [5.74, 6) is -0.0256. The number of halogens is 2. The van der Waals surface area contributed by atoms with Crippen molar-refractivity contribution in [3.05, 3.63) is 84.5 Å². The normalized spacial score (nSPS) is 10.6. The summed E-state index contributed by atoms with van der Waals surface area (Å²) < 4.78 is 21.9. The topological polar surface area (TPSA) is 79.1 Å². The van der Waals surface area contributed by atoms with E-state index in [1.807, 2.05) is 44.2 Å². The maximum atomic E-state index is 15.1. The number of rotatable bonds is 5. The van der Waals surface area contributed by atoms with Crippen LogP contribution in [0.25, 0.3) is 22.3 Å². The van der Waals surface area contributed by atoms with E-state index in [4.69, 9.17) is 21.7 Å². The zero-order chi connectivity index (χ0) is 26.0. The third kappa shape index (κ3) is 6.21. The maximum Gasteiger partial charge on any atom is 0.189 e. The smallest absolute Gasteiger partial charge is 0.189 e. The van der Waals surface area contributed by atoms with Gasteiger partial charge in [0.2, 0.25) is 0 Å². The lowest BCUT2D eigenvalue weighted by Crippen LogP contribution is -2.07. The Morgan fingerprint density at radius 3 is 2.40 bits per heavy atom. The summed E-state index contributed by atoms with van der Waals surface area (Å²) in [4.78, 5) is 11.5. The van der Waals surface area contributed by atoms with Gasteiger partial charge in [0.15, 0.2) is 28.4 Å². The first-order valence-electron chi connectivity index (χ1n) is 10.9. The molecule has 4 aromatic rings. The number of ether oxygens (including phenoxy) is 1. The first-order valence-corrected chi connectivity index (χ1v) is 12.1. The molecule has 2 aromatic carbocycles. The van der Waals surface area contributed by atoms with E-state index in [0.29, 0.717) is 28.2 Å². The number of benzene rings is 2. The lowest BCUT2D eigenvalue weighted by atomic mass is 9.96. The second-order valence-electron chi connectivity index (χ2n) is 6.75. The second-order valence-corrected chi connectivity index (χ2v) is 7.11. The summed E-state index contributed by atoms with van der Waals surface area (Å²) in [5.41, 5.74) is 2.95. The highest BCUT2D eigenvalue weighted by atomic mass is 35.5. The molecule has 0 atom stereocenters. The molecule has 6 nitrogen and oxygen atoms in total. The number of aryl methyl sites for hydroxylation is 1. The minimum absolute atomic E-state index is 0.0707. The number of H-pyrrole nitrogens is 1. The van der Waals surface area contributed by atoms with Gasteiger partial charge in [-0.15, -0.1) is 0 Å². The molecule has 0 aliphatic rings. The fraction of sp³-hybridized carbons (Fsp3) is 0.192. The lowest BCUT2D eigenvalue weighted by molar-refractivity contribution is 0.387. The predicted molar refractivity (Wildman–Crippen MR) is 147 cm³/mol. The Balaban J connectivity index is 0.00000103. The summed E-state index contributed by atoms with van der Waals surface area (Å²) in [6.45, 7) is 4.00. The van der Waals surface area contributed by atoms with Crippen molar-refractivity contribution in [2.75, 3.05) is 13.4 Å². The van der Waals surface area contributed by atoms with E-state index < -0.39 is 5.82 Å². The van der Waals surface area contributed by atoms with Crippen LogP contribution in [0, 0.1) is 11.2 Å². The van der Waals surface area contributed by atoms with Gasteiger partial charge in [-0.1, -0.05) is 67.9 Å². The number of nitrogens with one attached hydrogen (secondary N) is 2. The Morgan fingerprint density at radius 2 is 1.80 bits per heavy atom. The molecule has 0 saturated heterocycles. The molecule has 184 valence electrons. The summed E-state index contributed by atoms with van der Waals surface area (Å²) in [6, 6.07) is 14.5. The van der Waals surface area contributed by atoms with E-state index in [9.17, 15) is 0 Å². The van der Waals surface area contributed by atoms with Crippen LogP contribution < -0.4 is 4.74 Å². The molecule has 0 fully saturated rings. The molecule has 4 rings (SSSR count). The fourth-order valence-electron chi connectivity index (χ4n) is 3.38. The van der Waals surface area contributed by atoms with Crippen LogP contribution >= 0.6 is 24.2 Å². The van der Waals surface area contributed by atoms with Crippen LogP contribution in [-0.4, -0.2) is 38.9 Å². The molecule has 9 heteroatoms. The number of hydrogen-bond donors (Lipinski definition) is 3. The van der Waals surface area contributed by atoms with Crippen LogP contribution in [-0.2, 0) is 7.05 Å². The van der Waals surface area contributed by atoms with Gasteiger partial charge in [0.1, 0.15) is 0 Å². The molecule has 2 N–H and O–H groups in total. The van der Waals surface area contributed by atoms with Crippen LogP contribution in [0.5, 0.6) is 5.75 Å². The third-order valence-electron chi connectivity index (χ3n) is 4.87. The van der Waals surface area contributed by atoms with E-state index in [2.05, 4.69) is 27.6 Å². The van der Waals surface area contributed by atoms with Gasteiger partial charge in [-0.25, -0.2) is 14.4 Å². The Hall–Kier alpha value is -3.36. The van der Waals surface area contributed by atoms with Crippen molar-refractivity contribution >= 4 is 35.2 Å². The Kier molecular flexibility index (Phi) is 10.8. The maximum absolute atomic E-state index is 15.1. The van der Waals surface area contributed by atoms with Crippen molar-refractivity contribution in [2.45, 2.75) is 13.8 Å². The fourth-order valence-corrected chi connectivity index (χ4v) is 3.61. The number of imidazole rings is 1. The average molecular weight is 514 g/mol. The van der Waals surface area contributed by atoms with E-state index in [-0.39, 0.29) is 16.8 Å². The highest BCUT2D eigenvalue weighted by Gasteiger charge is 2.22. The third-order valence-corrected chi connectivity index (χ3v) is 5.14. The van der Waals surface area contributed by atoms with Crippen molar-refractivity contribution < 1.29 is 9.13 Å². The molecule has 0 spiro atoms. The second kappa shape index (κ2) is 13.5. The quantitative estimate of drug-likeness (QED) is 0.156. The van der Waals surface area contributed by atoms with Crippen molar-refractivity contribution in [3.63, 3.8) is 0 Å². The van der Waals surface area contributed by atoms with E-state index in [0.717, 1.165) is 5.56 Å². The molecular weight excluding hydrogens is 485 g/mol. The molecule has 0 bridgehead atoms. The number of methoxy groups -OCH3 is 1. The number of aromatic amines is 1. The minimum atomic E-state index is -0.471. The highest BCUT2D eigenvalue weighted by molar-refractivity contribution is 7.79. The van der Waals surface area contributed by atoms with Gasteiger partial charge in [-0.3, -0.25) is 5.41 Å². The van der Waals surface area contributed by atoms with E-state index in [1.165, 1.54) is 7.11 Å². The first kappa shape index (κ1) is 27.9. The number of thiol groups is 1. The van der Waals surface area contributed by atoms with Gasteiger partial charge in [0.05, 0.1) is 12.8 Å². The van der Waals surface area contributed by atoms with Crippen molar-refractivity contribution in [1.29, 1.82) is 5.41 Å². The van der Waals surface area contributed by atoms with Crippen molar-refractivity contribution in [1.82, 2.24) is 14.5 Å². The molecule has 0 unspecified atom stereocenters. The summed E-state index contributed by atoms with van der Waals surface area (Å²) in [5, 5.41) is 8.33. The molecule has 0 radical (unpaired) electrons. The molecule has 35 heavy (non-hydrogen) atoms. The lowest BCUT2D eigenvalue weighted by Gasteiger charge is -2.10. The Bertz CT molecular complexity index is 1280. The van der Waals surface area contributed by atoms with Gasteiger partial charge in [0, 0.05) is 42.3 Å². The molecular formula is C26H29ClFN5OS. The van der Waals surface area contributed by atoms with Gasteiger partial charge in [0.25, 0.3) is 0 Å². The monoisotopic (exact) mass is 513 g/mol. The first-order chi connectivity index (χ1) is 17.0. The molecule has 0 aliphatic heterocycles. The highest BCUT2D eigenvalue weighted by Crippen LogP contribution is 2.39. The standard InChI is InChI=1S/C23H19ClFN5O.C2H6.CH4S/c1-30-12-11-27-23(30)22(26)29-21(24)20-18(14-7-4-3-5-8-14)16(13-28-20)15-9-6-10-17(31-2)19(15)25;2*1-2/h3-13,26,28H,1-2H3;1-2H3;2H,1H3. The molecule has 0 saturated carbocycles. The minimum Gasteiger partial charge on any atom is -0.494 e. The van der Waals surface area contributed by atoms with Gasteiger partial charge < -0.3 is 14.3 Å². The van der Waals surface area contributed by atoms with Crippen molar-refractivity contribution in [2.24, 2.45) is 12.0 Å².